The number of nitrogens with one attached hydrogen (secondary N) is 1. The molecule has 0 fully saturated rings. The monoisotopic (exact) mass is 373 g/mol. The molecule has 2 aromatic carbocycles. The summed E-state index contributed by atoms with van der Waals surface area (Å²) in [5, 5.41) is 49.9. The molecule has 0 spiro atoms. The van der Waals surface area contributed by atoms with Gasteiger partial charge in [0.05, 0.1) is 21.7 Å². The molecule has 2 aromatic rings. The van der Waals surface area contributed by atoms with Crippen molar-refractivity contribution in [3.05, 3.63) is 51.6 Å². The highest BCUT2D eigenvalue weighted by Crippen LogP contribution is 2.35. The second kappa shape index (κ2) is 7.70. The third-order valence-electron chi connectivity index (χ3n) is 3.25. The van der Waals surface area contributed by atoms with Crippen LogP contribution in [0.5, 0.6) is 17.2 Å². The maximum absolute atomic E-state index is 11.9. The number of amides is 1. The third kappa shape index (κ3) is 4.40. The number of benzene rings is 2. The lowest BCUT2D eigenvalue weighted by Gasteiger charge is -2.09. The molecule has 0 bridgehead atoms. The molecule has 1 amide bonds. The van der Waals surface area contributed by atoms with Crippen LogP contribution < -0.4 is 5.32 Å². The highest BCUT2D eigenvalue weighted by Gasteiger charge is 2.17. The minimum absolute atomic E-state index is 0.0101. The average Bonchev–Trinajstić information content (AvgIpc) is 2.63. The summed E-state index contributed by atoms with van der Waals surface area (Å²) in [7, 11) is 0. The van der Waals surface area contributed by atoms with Gasteiger partial charge in [-0.3, -0.25) is 14.9 Å². The number of hydrogen-bond donors (Lipinski definition) is 4. The van der Waals surface area contributed by atoms with Crippen molar-refractivity contribution < 1.29 is 34.6 Å². The summed E-state index contributed by atoms with van der Waals surface area (Å²) in [6.45, 7) is -0.775. The Bertz CT molecular complexity index is 957. The van der Waals surface area contributed by atoms with E-state index in [1.54, 1.807) is 6.07 Å². The van der Waals surface area contributed by atoms with Gasteiger partial charge in [0.25, 0.3) is 11.6 Å². The maximum Gasteiger partial charge on any atom is 0.338 e. The number of rotatable bonds is 5. The topological polar surface area (TPSA) is 183 Å². The Morgan fingerprint density at radius 2 is 1.81 bits per heavy atom. The SMILES string of the molecule is N#Cc1cc([N+](=O)[O-])ccc1NC(=O)COC(=O)c1cc(O)c(O)c(O)c1. The van der Waals surface area contributed by atoms with Gasteiger partial charge >= 0.3 is 5.97 Å². The van der Waals surface area contributed by atoms with Crippen molar-refractivity contribution in [1.29, 1.82) is 5.26 Å². The standard InChI is InChI=1S/C16H11N3O8/c17-6-9-3-10(19(25)26)1-2-11(9)18-14(22)7-27-16(24)8-4-12(20)15(23)13(21)5-8/h1-5,20-21,23H,7H2,(H,18,22). The molecule has 0 aromatic heterocycles. The summed E-state index contributed by atoms with van der Waals surface area (Å²) in [4.78, 5) is 33.7. The van der Waals surface area contributed by atoms with Gasteiger partial charge in [0, 0.05) is 12.1 Å². The molecule has 138 valence electrons. The molecule has 0 aliphatic heterocycles. The Morgan fingerprint density at radius 3 is 2.37 bits per heavy atom. The Hall–Kier alpha value is -4.33. The van der Waals surface area contributed by atoms with Crippen molar-refractivity contribution in [3.8, 4) is 23.3 Å². The van der Waals surface area contributed by atoms with Crippen molar-refractivity contribution in [2.24, 2.45) is 0 Å². The van der Waals surface area contributed by atoms with E-state index < -0.39 is 40.7 Å². The molecular weight excluding hydrogens is 362 g/mol. The largest absolute Gasteiger partial charge is 0.504 e. The zero-order valence-corrected chi connectivity index (χ0v) is 13.4. The summed E-state index contributed by atoms with van der Waals surface area (Å²) >= 11 is 0. The molecular formula is C16H11N3O8. The first-order valence-electron chi connectivity index (χ1n) is 7.13. The molecule has 0 aliphatic carbocycles. The van der Waals surface area contributed by atoms with Gasteiger partial charge in [0.1, 0.15) is 6.07 Å². The molecule has 0 saturated carbocycles. The molecule has 4 N–H and O–H groups in total. The first kappa shape index (κ1) is 19.0. The second-order valence-corrected chi connectivity index (χ2v) is 5.09. The zero-order chi connectivity index (χ0) is 20.1. The summed E-state index contributed by atoms with van der Waals surface area (Å²) in [6, 6.07) is 6.59. The van der Waals surface area contributed by atoms with Gasteiger partial charge < -0.3 is 25.4 Å². The Labute approximate surface area is 150 Å². The van der Waals surface area contributed by atoms with E-state index in [2.05, 4.69) is 5.32 Å². The predicted molar refractivity (Wildman–Crippen MR) is 88.2 cm³/mol. The Balaban J connectivity index is 2.04. The zero-order valence-electron chi connectivity index (χ0n) is 13.4. The highest BCUT2D eigenvalue weighted by molar-refractivity contribution is 5.96. The molecule has 11 nitrogen and oxygen atoms in total. The van der Waals surface area contributed by atoms with Crippen molar-refractivity contribution in [2.45, 2.75) is 0 Å². The van der Waals surface area contributed by atoms with Crippen molar-refractivity contribution in [3.63, 3.8) is 0 Å². The molecule has 0 radical (unpaired) electrons. The van der Waals surface area contributed by atoms with E-state index in [4.69, 9.17) is 10.00 Å². The van der Waals surface area contributed by atoms with Crippen molar-refractivity contribution in [2.75, 3.05) is 11.9 Å². The molecule has 0 aliphatic rings. The fourth-order valence-electron chi connectivity index (χ4n) is 1.97. The number of anilines is 1. The molecule has 0 unspecified atom stereocenters. The number of non-ortho nitro benzene ring substituents is 1. The van der Waals surface area contributed by atoms with Gasteiger partial charge in [-0.05, 0) is 18.2 Å². The lowest BCUT2D eigenvalue weighted by atomic mass is 10.1. The molecule has 0 atom stereocenters. The van der Waals surface area contributed by atoms with E-state index in [1.165, 1.54) is 0 Å². The number of carbonyl (C=O) groups excluding carboxylic acids is 2. The van der Waals surface area contributed by atoms with Crippen LogP contribution in [0.4, 0.5) is 11.4 Å². The van der Waals surface area contributed by atoms with Gasteiger partial charge in [0.15, 0.2) is 23.9 Å². The molecule has 0 heterocycles. The summed E-state index contributed by atoms with van der Waals surface area (Å²) in [5.41, 5.74) is -0.812. The van der Waals surface area contributed by atoms with Gasteiger partial charge in [0.2, 0.25) is 0 Å². The van der Waals surface area contributed by atoms with E-state index >= 15 is 0 Å². The van der Waals surface area contributed by atoms with Gasteiger partial charge in [-0.2, -0.15) is 5.26 Å². The van der Waals surface area contributed by atoms with Crippen LogP contribution in [0.3, 0.4) is 0 Å². The van der Waals surface area contributed by atoms with E-state index in [9.17, 15) is 35.0 Å². The molecule has 11 heteroatoms. The van der Waals surface area contributed by atoms with Gasteiger partial charge in [-0.15, -0.1) is 0 Å². The van der Waals surface area contributed by atoms with Crippen LogP contribution in [0.25, 0.3) is 0 Å². The number of phenols is 3. The Morgan fingerprint density at radius 1 is 1.19 bits per heavy atom. The van der Waals surface area contributed by atoms with E-state index in [0.717, 1.165) is 30.3 Å². The number of hydrogen-bond acceptors (Lipinski definition) is 9. The number of carbonyl (C=O) groups is 2. The van der Waals surface area contributed by atoms with E-state index in [0.29, 0.717) is 0 Å². The predicted octanol–water partition coefficient (Wildman–Crippen LogP) is 1.38. The van der Waals surface area contributed by atoms with E-state index in [1.807, 2.05) is 0 Å². The van der Waals surface area contributed by atoms with Gasteiger partial charge in [-0.25, -0.2) is 4.79 Å². The normalized spacial score (nSPS) is 9.89. The number of aromatic hydroxyl groups is 3. The average molecular weight is 373 g/mol. The number of nitriles is 1. The molecule has 0 saturated heterocycles. The number of nitro benzene ring substituents is 1. The number of nitro groups is 1. The van der Waals surface area contributed by atoms with Crippen LogP contribution in [-0.2, 0) is 9.53 Å². The lowest BCUT2D eigenvalue weighted by Crippen LogP contribution is -2.21. The third-order valence-corrected chi connectivity index (χ3v) is 3.25. The summed E-state index contributed by atoms with van der Waals surface area (Å²) < 4.78 is 4.70. The summed E-state index contributed by atoms with van der Waals surface area (Å²) in [6.07, 6.45) is 0. The van der Waals surface area contributed by atoms with Crippen LogP contribution in [-0.4, -0.2) is 38.7 Å². The van der Waals surface area contributed by atoms with Crippen molar-refractivity contribution >= 4 is 23.3 Å². The smallest absolute Gasteiger partial charge is 0.338 e. The second-order valence-electron chi connectivity index (χ2n) is 5.09. The Kier molecular flexibility index (Phi) is 5.42. The summed E-state index contributed by atoms with van der Waals surface area (Å²) in [5.74, 6) is -4.22. The number of phenolic OH excluding ortho intramolecular Hbond substituents is 3. The molecule has 2 rings (SSSR count). The highest BCUT2D eigenvalue weighted by atomic mass is 16.6. The van der Waals surface area contributed by atoms with Crippen LogP contribution >= 0.6 is 0 Å². The van der Waals surface area contributed by atoms with Gasteiger partial charge in [-0.1, -0.05) is 0 Å². The van der Waals surface area contributed by atoms with Crippen LogP contribution in [0, 0.1) is 21.4 Å². The lowest BCUT2D eigenvalue weighted by molar-refractivity contribution is -0.384. The first-order valence-corrected chi connectivity index (χ1v) is 7.13. The minimum atomic E-state index is -1.07. The van der Waals surface area contributed by atoms with Crippen molar-refractivity contribution in [1.82, 2.24) is 0 Å². The molecule has 27 heavy (non-hydrogen) atoms. The number of ether oxygens (including phenoxy) is 1. The maximum atomic E-state index is 11.9. The van der Waals surface area contributed by atoms with Crippen LogP contribution in [0.1, 0.15) is 15.9 Å². The quantitative estimate of drug-likeness (QED) is 0.260. The van der Waals surface area contributed by atoms with Crippen LogP contribution in [0.2, 0.25) is 0 Å². The first-order chi connectivity index (χ1) is 12.7. The van der Waals surface area contributed by atoms with E-state index in [-0.39, 0.29) is 22.5 Å². The fraction of sp³-hybridized carbons (Fsp3) is 0.0625. The number of nitrogens with zero attached hydrogens (tertiary/aromatic N) is 2. The fourth-order valence-corrected chi connectivity index (χ4v) is 1.97. The number of esters is 1. The van der Waals surface area contributed by atoms with Crippen LogP contribution in [0.15, 0.2) is 30.3 Å². The minimum Gasteiger partial charge on any atom is -0.504 e.